The molecule has 5 heteroatoms. The van der Waals surface area contributed by atoms with Crippen molar-refractivity contribution in [3.8, 4) is 5.75 Å². The zero-order valence-electron chi connectivity index (χ0n) is 7.47. The number of carboxylic acid groups (broad SMARTS) is 1. The molecule has 1 aromatic rings. The Morgan fingerprint density at radius 3 is 2.71 bits per heavy atom. The average Bonchev–Trinajstić information content (AvgIpc) is 2.11. The van der Waals surface area contributed by atoms with Crippen LogP contribution in [0.15, 0.2) is 18.2 Å². The highest BCUT2D eigenvalue weighted by molar-refractivity contribution is 5.73. The van der Waals surface area contributed by atoms with E-state index in [1.165, 1.54) is 18.2 Å². The molecule has 1 rings (SSSR count). The van der Waals surface area contributed by atoms with Gasteiger partial charge in [0.05, 0.1) is 0 Å². The van der Waals surface area contributed by atoms with E-state index in [0.29, 0.717) is 11.3 Å². The average molecular weight is 196 g/mol. The highest BCUT2D eigenvalue weighted by atomic mass is 16.4. The van der Waals surface area contributed by atoms with Crippen molar-refractivity contribution in [1.82, 2.24) is 0 Å². The van der Waals surface area contributed by atoms with Crippen molar-refractivity contribution in [2.45, 2.75) is 12.5 Å². The number of anilines is 1. The zero-order chi connectivity index (χ0) is 10.7. The lowest BCUT2D eigenvalue weighted by Crippen LogP contribution is -2.32. The summed E-state index contributed by atoms with van der Waals surface area (Å²) in [7, 11) is 0. The Morgan fingerprint density at radius 2 is 2.14 bits per heavy atom. The van der Waals surface area contributed by atoms with Crippen molar-refractivity contribution in [3.63, 3.8) is 0 Å². The molecule has 76 valence electrons. The van der Waals surface area contributed by atoms with E-state index in [9.17, 15) is 9.90 Å². The summed E-state index contributed by atoms with van der Waals surface area (Å²) in [6.07, 6.45) is 0.0617. The van der Waals surface area contributed by atoms with Crippen LogP contribution in [0.1, 0.15) is 5.56 Å². The van der Waals surface area contributed by atoms with Gasteiger partial charge >= 0.3 is 5.97 Å². The van der Waals surface area contributed by atoms with Gasteiger partial charge in [0.1, 0.15) is 11.8 Å². The first-order chi connectivity index (χ1) is 6.50. The Morgan fingerprint density at radius 1 is 1.50 bits per heavy atom. The van der Waals surface area contributed by atoms with Crippen molar-refractivity contribution >= 4 is 11.7 Å². The Kier molecular flexibility index (Phi) is 2.93. The number of nitrogens with two attached hydrogens (primary N) is 2. The number of carboxylic acids is 1. The molecule has 0 saturated carbocycles. The van der Waals surface area contributed by atoms with Crippen LogP contribution in [0, 0.1) is 0 Å². The first kappa shape index (κ1) is 10.3. The van der Waals surface area contributed by atoms with Gasteiger partial charge in [-0.3, -0.25) is 4.79 Å². The van der Waals surface area contributed by atoms with E-state index in [4.69, 9.17) is 16.6 Å². The second-order valence-electron chi connectivity index (χ2n) is 3.04. The minimum absolute atomic E-state index is 0.0101. The van der Waals surface area contributed by atoms with Crippen LogP contribution in [-0.4, -0.2) is 22.2 Å². The minimum atomic E-state index is -1.10. The molecule has 0 fully saturated rings. The first-order valence-corrected chi connectivity index (χ1v) is 4.06. The summed E-state index contributed by atoms with van der Waals surface area (Å²) in [5.74, 6) is -1.09. The van der Waals surface area contributed by atoms with Crippen LogP contribution in [0.25, 0.3) is 0 Å². The lowest BCUT2D eigenvalue weighted by Gasteiger charge is -2.08. The van der Waals surface area contributed by atoms with Crippen molar-refractivity contribution in [2.75, 3.05) is 5.73 Å². The number of phenolic OH excluding ortho intramolecular Hbond substituents is 1. The Labute approximate surface area is 81.0 Å². The SMILES string of the molecule is Nc1ccc(O)c(CC(N)C(=O)O)c1. The number of phenols is 1. The van der Waals surface area contributed by atoms with Gasteiger partial charge in [-0.15, -0.1) is 0 Å². The number of carbonyl (C=O) groups is 1. The summed E-state index contributed by atoms with van der Waals surface area (Å²) in [4.78, 5) is 10.5. The summed E-state index contributed by atoms with van der Waals surface area (Å²) >= 11 is 0. The lowest BCUT2D eigenvalue weighted by molar-refractivity contribution is -0.138. The van der Waals surface area contributed by atoms with E-state index < -0.39 is 12.0 Å². The summed E-state index contributed by atoms with van der Waals surface area (Å²) in [5, 5.41) is 17.9. The van der Waals surface area contributed by atoms with Crippen molar-refractivity contribution < 1.29 is 15.0 Å². The van der Waals surface area contributed by atoms with Gasteiger partial charge in [0.15, 0.2) is 0 Å². The monoisotopic (exact) mass is 196 g/mol. The molecular formula is C9H12N2O3. The van der Waals surface area contributed by atoms with Gasteiger partial charge in [0, 0.05) is 12.1 Å². The third-order valence-electron chi connectivity index (χ3n) is 1.86. The number of hydrogen-bond acceptors (Lipinski definition) is 4. The smallest absolute Gasteiger partial charge is 0.320 e. The topological polar surface area (TPSA) is 110 Å². The molecule has 0 bridgehead atoms. The third-order valence-corrected chi connectivity index (χ3v) is 1.86. The largest absolute Gasteiger partial charge is 0.508 e. The van der Waals surface area contributed by atoms with Crippen LogP contribution in [-0.2, 0) is 11.2 Å². The highest BCUT2D eigenvalue weighted by Crippen LogP contribution is 2.20. The van der Waals surface area contributed by atoms with Gasteiger partial charge in [-0.05, 0) is 23.8 Å². The summed E-state index contributed by atoms with van der Waals surface area (Å²) in [6, 6.07) is 3.44. The van der Waals surface area contributed by atoms with Crippen molar-refractivity contribution in [2.24, 2.45) is 5.73 Å². The molecule has 1 unspecified atom stereocenters. The molecule has 6 N–H and O–H groups in total. The van der Waals surface area contributed by atoms with E-state index in [-0.39, 0.29) is 12.2 Å². The molecule has 0 radical (unpaired) electrons. The maximum Gasteiger partial charge on any atom is 0.320 e. The normalized spacial score (nSPS) is 12.4. The van der Waals surface area contributed by atoms with Crippen LogP contribution in [0.2, 0.25) is 0 Å². The summed E-state index contributed by atoms with van der Waals surface area (Å²) in [5.41, 5.74) is 11.7. The van der Waals surface area contributed by atoms with Gasteiger partial charge in [-0.25, -0.2) is 0 Å². The fourth-order valence-electron chi connectivity index (χ4n) is 1.09. The molecule has 14 heavy (non-hydrogen) atoms. The molecule has 5 nitrogen and oxygen atoms in total. The Balaban J connectivity index is 2.85. The Hall–Kier alpha value is -1.75. The van der Waals surface area contributed by atoms with Gasteiger partial charge < -0.3 is 21.7 Å². The van der Waals surface area contributed by atoms with E-state index in [1.54, 1.807) is 0 Å². The molecule has 1 atom stereocenters. The molecule has 0 amide bonds. The third kappa shape index (κ3) is 2.37. The maximum atomic E-state index is 10.5. The molecule has 0 aliphatic carbocycles. The molecule has 1 aromatic carbocycles. The van der Waals surface area contributed by atoms with E-state index in [1.807, 2.05) is 0 Å². The highest BCUT2D eigenvalue weighted by Gasteiger charge is 2.14. The van der Waals surface area contributed by atoms with Crippen LogP contribution >= 0.6 is 0 Å². The van der Waals surface area contributed by atoms with E-state index in [0.717, 1.165) is 0 Å². The second kappa shape index (κ2) is 3.97. The molecule has 0 aromatic heterocycles. The Bertz CT molecular complexity index is 352. The molecule has 0 spiro atoms. The van der Waals surface area contributed by atoms with Crippen LogP contribution < -0.4 is 11.5 Å². The molecule has 0 aliphatic heterocycles. The van der Waals surface area contributed by atoms with Gasteiger partial charge in [0.2, 0.25) is 0 Å². The van der Waals surface area contributed by atoms with Gasteiger partial charge in [-0.1, -0.05) is 0 Å². The second-order valence-corrected chi connectivity index (χ2v) is 3.04. The van der Waals surface area contributed by atoms with E-state index in [2.05, 4.69) is 0 Å². The number of aromatic hydroxyl groups is 1. The fraction of sp³-hybridized carbons (Fsp3) is 0.222. The van der Waals surface area contributed by atoms with Crippen LogP contribution in [0.5, 0.6) is 5.75 Å². The molecule has 0 aliphatic rings. The fourth-order valence-corrected chi connectivity index (χ4v) is 1.09. The first-order valence-electron chi connectivity index (χ1n) is 4.06. The molecule has 0 saturated heterocycles. The summed E-state index contributed by atoms with van der Waals surface area (Å²) in [6.45, 7) is 0. The lowest BCUT2D eigenvalue weighted by atomic mass is 10.1. The number of nitrogen functional groups attached to an aromatic ring is 1. The summed E-state index contributed by atoms with van der Waals surface area (Å²) < 4.78 is 0. The predicted molar refractivity (Wildman–Crippen MR) is 51.8 cm³/mol. The zero-order valence-corrected chi connectivity index (χ0v) is 7.47. The number of aliphatic carboxylic acids is 1. The quantitative estimate of drug-likeness (QED) is 0.399. The number of hydrogen-bond donors (Lipinski definition) is 4. The van der Waals surface area contributed by atoms with Gasteiger partial charge in [0.25, 0.3) is 0 Å². The van der Waals surface area contributed by atoms with Crippen LogP contribution in [0.4, 0.5) is 5.69 Å². The van der Waals surface area contributed by atoms with Crippen molar-refractivity contribution in [3.05, 3.63) is 23.8 Å². The minimum Gasteiger partial charge on any atom is -0.508 e. The van der Waals surface area contributed by atoms with Crippen molar-refractivity contribution in [1.29, 1.82) is 0 Å². The standard InChI is InChI=1S/C9H12N2O3/c10-6-1-2-8(12)5(3-6)4-7(11)9(13)14/h1-3,7,12H,4,10-11H2,(H,13,14). The number of rotatable bonds is 3. The molecule has 0 heterocycles. The maximum absolute atomic E-state index is 10.5. The van der Waals surface area contributed by atoms with E-state index >= 15 is 0 Å². The predicted octanol–water partition coefficient (Wildman–Crippen LogP) is -0.0712. The number of benzene rings is 1. The van der Waals surface area contributed by atoms with Crippen LogP contribution in [0.3, 0.4) is 0 Å². The molecular weight excluding hydrogens is 184 g/mol. The van der Waals surface area contributed by atoms with Gasteiger partial charge in [-0.2, -0.15) is 0 Å².